The molecule has 104 valence electrons. The van der Waals surface area contributed by atoms with Gasteiger partial charge in [-0.2, -0.15) is 0 Å². The number of carbonyl (C=O) groups is 1. The van der Waals surface area contributed by atoms with Gasteiger partial charge in [-0.15, -0.1) is 0 Å². The van der Waals surface area contributed by atoms with Crippen molar-refractivity contribution in [2.75, 3.05) is 18.4 Å². The summed E-state index contributed by atoms with van der Waals surface area (Å²) in [6.45, 7) is 6.13. The normalized spacial score (nSPS) is 19.5. The molecule has 0 unspecified atom stereocenters. The third-order valence-corrected chi connectivity index (χ3v) is 3.54. The van der Waals surface area contributed by atoms with E-state index in [0.29, 0.717) is 5.92 Å². The lowest BCUT2D eigenvalue weighted by molar-refractivity contribution is -0.121. The second kappa shape index (κ2) is 6.55. The van der Waals surface area contributed by atoms with Gasteiger partial charge in [0.05, 0.1) is 6.04 Å². The molecule has 1 aliphatic rings. The van der Waals surface area contributed by atoms with Crippen molar-refractivity contribution in [3.05, 3.63) is 23.9 Å². The fourth-order valence-corrected chi connectivity index (χ4v) is 2.45. The number of aromatic nitrogens is 1. The monoisotopic (exact) mass is 261 g/mol. The number of pyridine rings is 1. The summed E-state index contributed by atoms with van der Waals surface area (Å²) in [6, 6.07) is 4.30. The Balaban J connectivity index is 2.02. The van der Waals surface area contributed by atoms with E-state index in [9.17, 15) is 4.79 Å². The summed E-state index contributed by atoms with van der Waals surface area (Å²) in [4.78, 5) is 17.4. The van der Waals surface area contributed by atoms with Gasteiger partial charge in [0.1, 0.15) is 5.82 Å². The molecule has 1 fully saturated rings. The van der Waals surface area contributed by atoms with Gasteiger partial charge in [-0.25, -0.2) is 4.98 Å². The van der Waals surface area contributed by atoms with E-state index in [1.807, 2.05) is 17.2 Å². The zero-order valence-corrected chi connectivity index (χ0v) is 11.8. The van der Waals surface area contributed by atoms with Crippen molar-refractivity contribution >= 4 is 12.2 Å². The fraction of sp³-hybridized carbons (Fsp3) is 0.600. The summed E-state index contributed by atoms with van der Waals surface area (Å²) in [5.41, 5.74) is 1.14. The minimum atomic E-state index is 0.206. The standard InChI is InChI=1S/C15H23N3O/c1-12(2)9-16-15-7-6-13(10-17-15)14-5-3-4-8-18(14)11-19/h6-7,10-12,14H,3-5,8-9H2,1-2H3,(H,16,17)/t14-/m0/s1. The fourth-order valence-electron chi connectivity index (χ4n) is 2.45. The molecule has 4 heteroatoms. The van der Waals surface area contributed by atoms with Crippen LogP contribution >= 0.6 is 0 Å². The lowest BCUT2D eigenvalue weighted by Gasteiger charge is -2.32. The van der Waals surface area contributed by atoms with Crippen molar-refractivity contribution in [2.45, 2.75) is 39.2 Å². The summed E-state index contributed by atoms with van der Waals surface area (Å²) < 4.78 is 0. The van der Waals surface area contributed by atoms with Crippen molar-refractivity contribution in [2.24, 2.45) is 5.92 Å². The van der Waals surface area contributed by atoms with Crippen LogP contribution in [0.3, 0.4) is 0 Å². The Morgan fingerprint density at radius 1 is 1.47 bits per heavy atom. The van der Waals surface area contributed by atoms with E-state index in [1.54, 1.807) is 0 Å². The molecule has 4 nitrogen and oxygen atoms in total. The molecule has 0 saturated carbocycles. The third kappa shape index (κ3) is 3.69. The highest BCUT2D eigenvalue weighted by Crippen LogP contribution is 2.29. The Morgan fingerprint density at radius 2 is 2.32 bits per heavy atom. The van der Waals surface area contributed by atoms with Crippen molar-refractivity contribution in [1.82, 2.24) is 9.88 Å². The quantitative estimate of drug-likeness (QED) is 0.829. The Kier molecular flexibility index (Phi) is 4.77. The first kappa shape index (κ1) is 13.8. The molecule has 1 saturated heterocycles. The van der Waals surface area contributed by atoms with E-state index in [1.165, 1.54) is 6.42 Å². The number of nitrogens with zero attached hydrogens (tertiary/aromatic N) is 2. The summed E-state index contributed by atoms with van der Waals surface area (Å²) in [7, 11) is 0. The molecule has 0 aliphatic carbocycles. The number of anilines is 1. The van der Waals surface area contributed by atoms with Gasteiger partial charge in [-0.3, -0.25) is 4.79 Å². The van der Waals surface area contributed by atoms with Crippen LogP contribution in [0.15, 0.2) is 18.3 Å². The van der Waals surface area contributed by atoms with Gasteiger partial charge in [0.25, 0.3) is 0 Å². The zero-order chi connectivity index (χ0) is 13.7. The van der Waals surface area contributed by atoms with Crippen molar-refractivity contribution in [1.29, 1.82) is 0 Å². The number of likely N-dealkylation sites (tertiary alicyclic amines) is 1. The summed E-state index contributed by atoms with van der Waals surface area (Å²) in [5.74, 6) is 1.51. The predicted octanol–water partition coefficient (Wildman–Crippen LogP) is 2.83. The van der Waals surface area contributed by atoms with Crippen LogP contribution in [0.5, 0.6) is 0 Å². The first-order valence-electron chi connectivity index (χ1n) is 7.11. The number of nitrogens with one attached hydrogen (secondary N) is 1. The maximum Gasteiger partial charge on any atom is 0.210 e. The van der Waals surface area contributed by atoms with E-state index in [0.717, 1.165) is 43.7 Å². The zero-order valence-electron chi connectivity index (χ0n) is 11.8. The summed E-state index contributed by atoms with van der Waals surface area (Å²) >= 11 is 0. The average molecular weight is 261 g/mol. The van der Waals surface area contributed by atoms with Crippen LogP contribution in [0.1, 0.15) is 44.7 Å². The molecule has 0 aromatic carbocycles. The Hall–Kier alpha value is -1.58. The van der Waals surface area contributed by atoms with E-state index in [-0.39, 0.29) is 6.04 Å². The van der Waals surface area contributed by atoms with Crippen LogP contribution in [0, 0.1) is 5.92 Å². The number of hydrogen-bond acceptors (Lipinski definition) is 3. The highest BCUT2D eigenvalue weighted by Gasteiger charge is 2.22. The molecule has 0 radical (unpaired) electrons. The molecule has 1 aliphatic heterocycles. The molecule has 0 bridgehead atoms. The molecular weight excluding hydrogens is 238 g/mol. The number of piperidine rings is 1. The van der Waals surface area contributed by atoms with E-state index >= 15 is 0 Å². The Morgan fingerprint density at radius 3 is 2.95 bits per heavy atom. The van der Waals surface area contributed by atoms with Gasteiger partial charge < -0.3 is 10.2 Å². The maximum absolute atomic E-state index is 11.1. The van der Waals surface area contributed by atoms with E-state index < -0.39 is 0 Å². The van der Waals surface area contributed by atoms with E-state index in [2.05, 4.69) is 30.2 Å². The SMILES string of the molecule is CC(C)CNc1ccc([C@@H]2CCCCN2C=O)cn1. The molecule has 2 rings (SSSR count). The predicted molar refractivity (Wildman–Crippen MR) is 76.9 cm³/mol. The van der Waals surface area contributed by atoms with Gasteiger partial charge in [-0.1, -0.05) is 19.9 Å². The van der Waals surface area contributed by atoms with Crippen molar-refractivity contribution in [3.8, 4) is 0 Å². The van der Waals surface area contributed by atoms with Crippen LogP contribution in [0.25, 0.3) is 0 Å². The second-order valence-corrected chi connectivity index (χ2v) is 5.61. The molecule has 2 heterocycles. The summed E-state index contributed by atoms with van der Waals surface area (Å²) in [5, 5.41) is 3.31. The molecule has 1 atom stereocenters. The van der Waals surface area contributed by atoms with Gasteiger partial charge >= 0.3 is 0 Å². The van der Waals surface area contributed by atoms with Crippen molar-refractivity contribution in [3.63, 3.8) is 0 Å². The average Bonchev–Trinajstić information content (AvgIpc) is 2.45. The first-order chi connectivity index (χ1) is 9.20. The number of rotatable bonds is 5. The van der Waals surface area contributed by atoms with Crippen LogP contribution < -0.4 is 5.32 Å². The molecular formula is C15H23N3O. The van der Waals surface area contributed by atoms with Gasteiger partial charge in [0, 0.05) is 19.3 Å². The number of amides is 1. The lowest BCUT2D eigenvalue weighted by Crippen LogP contribution is -2.32. The highest BCUT2D eigenvalue weighted by molar-refractivity contribution is 5.49. The van der Waals surface area contributed by atoms with Crippen molar-refractivity contribution < 1.29 is 4.79 Å². The van der Waals surface area contributed by atoms with Crippen LogP contribution in [0.4, 0.5) is 5.82 Å². The van der Waals surface area contributed by atoms with Crippen LogP contribution in [0.2, 0.25) is 0 Å². The Bertz CT molecular complexity index is 402. The maximum atomic E-state index is 11.1. The van der Waals surface area contributed by atoms with Crippen LogP contribution in [-0.4, -0.2) is 29.4 Å². The molecule has 1 aromatic heterocycles. The first-order valence-corrected chi connectivity index (χ1v) is 7.11. The topological polar surface area (TPSA) is 45.2 Å². The lowest BCUT2D eigenvalue weighted by atomic mass is 9.97. The molecule has 19 heavy (non-hydrogen) atoms. The third-order valence-electron chi connectivity index (χ3n) is 3.54. The van der Waals surface area contributed by atoms with Gasteiger partial charge in [0.2, 0.25) is 6.41 Å². The van der Waals surface area contributed by atoms with E-state index in [4.69, 9.17) is 0 Å². The number of carbonyl (C=O) groups excluding carboxylic acids is 1. The van der Waals surface area contributed by atoms with Gasteiger partial charge in [-0.05, 0) is 36.8 Å². The highest BCUT2D eigenvalue weighted by atomic mass is 16.1. The van der Waals surface area contributed by atoms with Crippen LogP contribution in [-0.2, 0) is 4.79 Å². The smallest absolute Gasteiger partial charge is 0.210 e. The molecule has 0 spiro atoms. The minimum absolute atomic E-state index is 0.206. The summed E-state index contributed by atoms with van der Waals surface area (Å²) in [6.07, 6.45) is 6.20. The molecule has 1 amide bonds. The minimum Gasteiger partial charge on any atom is -0.370 e. The molecule has 1 aromatic rings. The van der Waals surface area contributed by atoms with Gasteiger partial charge in [0.15, 0.2) is 0 Å². The Labute approximate surface area is 115 Å². The largest absolute Gasteiger partial charge is 0.370 e. The molecule has 1 N–H and O–H groups in total. The second-order valence-electron chi connectivity index (χ2n) is 5.61. The number of hydrogen-bond donors (Lipinski definition) is 1.